The number of nitrogens with one attached hydrogen (secondary N) is 2. The van der Waals surface area contributed by atoms with E-state index in [9.17, 15) is 9.18 Å². The lowest BCUT2D eigenvalue weighted by molar-refractivity contribution is 0.101. The Morgan fingerprint density at radius 3 is 2.68 bits per heavy atom. The van der Waals surface area contributed by atoms with E-state index in [4.69, 9.17) is 11.3 Å². The number of nitrogens with zero attached hydrogens (tertiary/aromatic N) is 3. The summed E-state index contributed by atoms with van der Waals surface area (Å²) in [7, 11) is 1.63. The molecule has 5 rings (SSSR count). The first kappa shape index (κ1) is 25.2. The van der Waals surface area contributed by atoms with E-state index < -0.39 is 11.7 Å². The molecule has 0 bridgehead atoms. The van der Waals surface area contributed by atoms with Crippen molar-refractivity contribution in [2.45, 2.75) is 25.8 Å². The van der Waals surface area contributed by atoms with E-state index in [-0.39, 0.29) is 17.4 Å². The van der Waals surface area contributed by atoms with Crippen molar-refractivity contribution in [3.8, 4) is 11.4 Å². The number of methoxy groups -OCH3 is 1. The van der Waals surface area contributed by atoms with Crippen molar-refractivity contribution < 1.29 is 13.9 Å². The number of carbonyl (C=O) groups is 1. The monoisotopic (exact) mass is 509 g/mol. The van der Waals surface area contributed by atoms with Gasteiger partial charge in [-0.05, 0) is 85.8 Å². The van der Waals surface area contributed by atoms with Crippen molar-refractivity contribution in [3.05, 3.63) is 113 Å². The van der Waals surface area contributed by atoms with E-state index >= 15 is 0 Å². The molecule has 1 unspecified atom stereocenters. The van der Waals surface area contributed by atoms with E-state index in [0.717, 1.165) is 23.4 Å². The van der Waals surface area contributed by atoms with Gasteiger partial charge in [0.05, 0.1) is 36.8 Å². The second kappa shape index (κ2) is 10.9. The first-order chi connectivity index (χ1) is 18.4. The van der Waals surface area contributed by atoms with Crippen LogP contribution in [-0.2, 0) is 0 Å². The smallest absolute Gasteiger partial charge is 0.274 e. The van der Waals surface area contributed by atoms with Crippen LogP contribution in [0.4, 0.5) is 15.8 Å². The van der Waals surface area contributed by atoms with E-state index in [1.54, 1.807) is 56.5 Å². The van der Waals surface area contributed by atoms with Gasteiger partial charge in [0.15, 0.2) is 5.69 Å². The number of rotatable bonds is 9. The Kier molecular flexibility index (Phi) is 7.20. The first-order valence-corrected chi connectivity index (χ1v) is 12.5. The Morgan fingerprint density at radius 1 is 1.13 bits per heavy atom. The Morgan fingerprint density at radius 2 is 1.92 bits per heavy atom. The van der Waals surface area contributed by atoms with Gasteiger partial charge in [-0.3, -0.25) is 4.79 Å². The lowest BCUT2D eigenvalue weighted by Crippen LogP contribution is -2.25. The van der Waals surface area contributed by atoms with Crippen LogP contribution in [0, 0.1) is 25.2 Å². The third-order valence-electron chi connectivity index (χ3n) is 6.57. The number of aryl methyl sites for hydroxylation is 1. The molecule has 7 nitrogen and oxygen atoms in total. The first-order valence-electron chi connectivity index (χ1n) is 12.5. The highest BCUT2D eigenvalue weighted by Gasteiger charge is 2.25. The molecule has 0 radical (unpaired) electrons. The molecular formula is C30H28FN5O2. The second-order valence-electron chi connectivity index (χ2n) is 9.47. The van der Waals surface area contributed by atoms with Crippen LogP contribution in [0.15, 0.2) is 72.8 Å². The number of ether oxygens (including phenoxy) is 1. The van der Waals surface area contributed by atoms with Crippen LogP contribution in [0.1, 0.15) is 46.2 Å². The van der Waals surface area contributed by atoms with Gasteiger partial charge in [-0.25, -0.2) is 13.9 Å². The van der Waals surface area contributed by atoms with Crippen LogP contribution in [0.25, 0.3) is 10.5 Å². The summed E-state index contributed by atoms with van der Waals surface area (Å²) >= 11 is 0. The highest BCUT2D eigenvalue weighted by atomic mass is 19.1. The van der Waals surface area contributed by atoms with Gasteiger partial charge in [0.2, 0.25) is 0 Å². The van der Waals surface area contributed by atoms with Crippen LogP contribution >= 0.6 is 0 Å². The standard InChI is InChI=1S/C30H28FN5O2/c1-19-14-28(36(35-19)24-8-5-7-23(17-24)32-2)30(37)34-27-16-22(12-13-26(27)31)29(33-18-20-10-11-20)21-6-4-9-25(15-21)38-3/h4-9,12-17,20,29,33H,10-11,18H2,1,3H3,(H,34,37). The quantitative estimate of drug-likeness (QED) is 0.263. The van der Waals surface area contributed by atoms with Crippen molar-refractivity contribution >= 4 is 17.3 Å². The third-order valence-corrected chi connectivity index (χ3v) is 6.57. The highest BCUT2D eigenvalue weighted by Crippen LogP contribution is 2.32. The molecule has 0 aliphatic heterocycles. The molecule has 1 heterocycles. The number of aromatic nitrogens is 2. The SMILES string of the molecule is [C-]#[N+]c1cccc(-n2nc(C)cc2C(=O)Nc2cc(C(NCC3CC3)c3cccc(OC)c3)ccc2F)c1. The van der Waals surface area contributed by atoms with Crippen molar-refractivity contribution in [1.29, 1.82) is 0 Å². The molecule has 1 fully saturated rings. The van der Waals surface area contributed by atoms with Gasteiger partial charge in [-0.2, -0.15) is 5.10 Å². The zero-order valence-corrected chi connectivity index (χ0v) is 21.2. The number of carbonyl (C=O) groups excluding carboxylic acids is 1. The summed E-state index contributed by atoms with van der Waals surface area (Å²) < 4.78 is 21.9. The lowest BCUT2D eigenvalue weighted by Gasteiger charge is -2.21. The van der Waals surface area contributed by atoms with Gasteiger partial charge in [-0.15, -0.1) is 0 Å². The molecule has 4 aromatic rings. The number of halogens is 1. The Labute approximate surface area is 221 Å². The molecule has 1 saturated carbocycles. The molecule has 38 heavy (non-hydrogen) atoms. The molecule has 192 valence electrons. The normalized spacial score (nSPS) is 13.5. The number of hydrogen-bond donors (Lipinski definition) is 2. The summed E-state index contributed by atoms with van der Waals surface area (Å²) in [5.74, 6) is 0.347. The maximum atomic E-state index is 15.0. The minimum atomic E-state index is -0.536. The van der Waals surface area contributed by atoms with Crippen molar-refractivity contribution in [2.75, 3.05) is 19.0 Å². The largest absolute Gasteiger partial charge is 0.497 e. The summed E-state index contributed by atoms with van der Waals surface area (Å²) in [5, 5.41) is 10.8. The van der Waals surface area contributed by atoms with Crippen LogP contribution in [0.5, 0.6) is 5.75 Å². The number of hydrogen-bond acceptors (Lipinski definition) is 4. The van der Waals surface area contributed by atoms with Gasteiger partial charge < -0.3 is 15.4 Å². The van der Waals surface area contributed by atoms with Gasteiger partial charge in [-0.1, -0.05) is 30.3 Å². The Balaban J connectivity index is 1.45. The second-order valence-corrected chi connectivity index (χ2v) is 9.47. The summed E-state index contributed by atoms with van der Waals surface area (Å²) in [6.45, 7) is 9.90. The predicted octanol–water partition coefficient (Wildman–Crippen LogP) is 6.22. The molecule has 3 aromatic carbocycles. The lowest BCUT2D eigenvalue weighted by atomic mass is 9.97. The van der Waals surface area contributed by atoms with Crippen LogP contribution in [0.3, 0.4) is 0 Å². The van der Waals surface area contributed by atoms with Crippen LogP contribution in [-0.4, -0.2) is 29.3 Å². The molecule has 1 aromatic heterocycles. The fourth-order valence-electron chi connectivity index (χ4n) is 4.41. The molecule has 1 atom stereocenters. The number of amides is 1. The van der Waals surface area contributed by atoms with E-state index in [0.29, 0.717) is 23.0 Å². The number of benzene rings is 3. The van der Waals surface area contributed by atoms with Gasteiger partial charge in [0.25, 0.3) is 5.91 Å². The minimum Gasteiger partial charge on any atom is -0.497 e. The van der Waals surface area contributed by atoms with Crippen molar-refractivity contribution in [1.82, 2.24) is 15.1 Å². The fraction of sp³-hybridized carbons (Fsp3) is 0.233. The molecule has 0 saturated heterocycles. The Bertz CT molecular complexity index is 1520. The summed E-state index contributed by atoms with van der Waals surface area (Å²) in [4.78, 5) is 16.8. The van der Waals surface area contributed by atoms with E-state index in [2.05, 4.69) is 20.6 Å². The fourth-order valence-corrected chi connectivity index (χ4v) is 4.41. The molecule has 8 heteroatoms. The average Bonchev–Trinajstić information content (AvgIpc) is 3.69. The zero-order chi connectivity index (χ0) is 26.6. The summed E-state index contributed by atoms with van der Waals surface area (Å²) in [5.41, 5.74) is 3.77. The molecular weight excluding hydrogens is 481 g/mol. The molecule has 0 spiro atoms. The molecule has 1 aliphatic rings. The summed E-state index contributed by atoms with van der Waals surface area (Å²) in [6, 6.07) is 20.8. The van der Waals surface area contributed by atoms with Crippen LogP contribution < -0.4 is 15.4 Å². The van der Waals surface area contributed by atoms with Crippen molar-refractivity contribution in [3.63, 3.8) is 0 Å². The third kappa shape index (κ3) is 5.58. The highest BCUT2D eigenvalue weighted by molar-refractivity contribution is 6.03. The average molecular weight is 510 g/mol. The van der Waals surface area contributed by atoms with E-state index in [1.165, 1.54) is 23.6 Å². The maximum Gasteiger partial charge on any atom is 0.274 e. The van der Waals surface area contributed by atoms with Crippen molar-refractivity contribution in [2.24, 2.45) is 5.92 Å². The number of anilines is 1. The molecule has 2 N–H and O–H groups in total. The summed E-state index contributed by atoms with van der Waals surface area (Å²) in [6.07, 6.45) is 2.41. The van der Waals surface area contributed by atoms with Gasteiger partial charge >= 0.3 is 0 Å². The van der Waals surface area contributed by atoms with Crippen LogP contribution in [0.2, 0.25) is 0 Å². The zero-order valence-electron chi connectivity index (χ0n) is 21.2. The minimum absolute atomic E-state index is 0.0777. The predicted molar refractivity (Wildman–Crippen MR) is 144 cm³/mol. The van der Waals surface area contributed by atoms with E-state index in [1.807, 2.05) is 24.3 Å². The topological polar surface area (TPSA) is 72.5 Å². The maximum absolute atomic E-state index is 15.0. The molecule has 1 aliphatic carbocycles. The van der Waals surface area contributed by atoms with Gasteiger partial charge in [0.1, 0.15) is 17.3 Å². The van der Waals surface area contributed by atoms with Gasteiger partial charge in [0, 0.05) is 0 Å². The Hall–Kier alpha value is -4.48. The molecule has 1 amide bonds.